The Hall–Kier alpha value is -3.18. The van der Waals surface area contributed by atoms with Crippen LogP contribution >= 0.6 is 23.2 Å². The van der Waals surface area contributed by atoms with Crippen LogP contribution in [0.2, 0.25) is 10.0 Å². The van der Waals surface area contributed by atoms with Crippen LogP contribution in [-0.4, -0.2) is 44.2 Å². The van der Waals surface area contributed by atoms with Gasteiger partial charge in [-0.25, -0.2) is 15.0 Å². The first-order valence-electron chi connectivity index (χ1n) is 11.6. The summed E-state index contributed by atoms with van der Waals surface area (Å²) in [5, 5.41) is 14.6. The van der Waals surface area contributed by atoms with Gasteiger partial charge in [-0.1, -0.05) is 35.3 Å². The van der Waals surface area contributed by atoms with Crippen molar-refractivity contribution in [1.82, 2.24) is 24.8 Å². The number of imidazole rings is 1. The molecule has 5 rings (SSSR count). The highest BCUT2D eigenvalue weighted by molar-refractivity contribution is 6.33. The highest BCUT2D eigenvalue weighted by atomic mass is 35.5. The molecule has 0 aliphatic carbocycles. The molecule has 1 fully saturated rings. The first-order valence-corrected chi connectivity index (χ1v) is 12.3. The van der Waals surface area contributed by atoms with Gasteiger partial charge in [-0.15, -0.1) is 0 Å². The number of aromatic nitrogens is 4. The van der Waals surface area contributed by atoms with Gasteiger partial charge in [-0.2, -0.15) is 5.26 Å². The fourth-order valence-electron chi connectivity index (χ4n) is 4.71. The minimum absolute atomic E-state index is 0.236. The van der Waals surface area contributed by atoms with Gasteiger partial charge < -0.3 is 4.90 Å². The molecule has 35 heavy (non-hydrogen) atoms. The molecule has 0 bridgehead atoms. The lowest BCUT2D eigenvalue weighted by atomic mass is 9.88. The monoisotopic (exact) mass is 505 g/mol. The van der Waals surface area contributed by atoms with Crippen molar-refractivity contribution >= 4 is 40.2 Å². The van der Waals surface area contributed by atoms with E-state index in [0.29, 0.717) is 53.0 Å². The minimum Gasteiger partial charge on any atom is -0.354 e. The van der Waals surface area contributed by atoms with Crippen molar-refractivity contribution in [3.8, 4) is 23.1 Å². The van der Waals surface area contributed by atoms with E-state index in [1.807, 2.05) is 53.1 Å². The molecule has 0 radical (unpaired) electrons. The summed E-state index contributed by atoms with van der Waals surface area (Å²) < 4.78 is 1.99. The number of nitriles is 1. The van der Waals surface area contributed by atoms with Crippen LogP contribution in [0.1, 0.15) is 26.7 Å². The normalized spacial score (nSPS) is 15.5. The maximum absolute atomic E-state index is 9.86. The van der Waals surface area contributed by atoms with Gasteiger partial charge in [0, 0.05) is 35.4 Å². The minimum atomic E-state index is -0.526. The Bertz CT molecular complexity index is 1400. The van der Waals surface area contributed by atoms with Crippen LogP contribution in [0, 0.1) is 11.3 Å². The number of fused-ring (bicyclic) bond motifs is 1. The molecule has 4 aromatic rings. The van der Waals surface area contributed by atoms with Crippen LogP contribution in [0.25, 0.3) is 28.2 Å². The summed E-state index contributed by atoms with van der Waals surface area (Å²) in [6, 6.07) is 17.9. The standard InChI is InChI=1S/C26H25Cl2N7/c1-17(2)33-26(15-29)11-13-34(14-12-26)24-22-25(31-16-30-24)35(19-9-7-18(27)8-10-19)23(32-22)20-5-3-4-6-21(20)28/h3-10,16-17,33H,11-14H2,1-2H3. The molecular formula is C26H25Cl2N7. The van der Waals surface area contributed by atoms with E-state index in [1.54, 1.807) is 6.33 Å². The van der Waals surface area contributed by atoms with E-state index in [4.69, 9.17) is 28.2 Å². The summed E-state index contributed by atoms with van der Waals surface area (Å²) in [5.41, 5.74) is 2.53. The molecular weight excluding hydrogens is 481 g/mol. The van der Waals surface area contributed by atoms with Crippen molar-refractivity contribution in [3.05, 3.63) is 64.9 Å². The van der Waals surface area contributed by atoms with Crippen molar-refractivity contribution < 1.29 is 0 Å². The van der Waals surface area contributed by atoms with Gasteiger partial charge in [0.25, 0.3) is 0 Å². The third-order valence-corrected chi connectivity index (χ3v) is 6.90. The zero-order valence-corrected chi connectivity index (χ0v) is 21.1. The average Bonchev–Trinajstić information content (AvgIpc) is 3.24. The Labute approximate surface area is 214 Å². The van der Waals surface area contributed by atoms with Crippen LogP contribution in [0.5, 0.6) is 0 Å². The number of nitrogens with zero attached hydrogens (tertiary/aromatic N) is 6. The number of nitrogens with one attached hydrogen (secondary N) is 1. The average molecular weight is 506 g/mol. The van der Waals surface area contributed by atoms with E-state index in [1.165, 1.54) is 0 Å². The molecule has 1 saturated heterocycles. The number of halogens is 2. The second-order valence-electron chi connectivity index (χ2n) is 9.08. The molecule has 1 N–H and O–H groups in total. The summed E-state index contributed by atoms with van der Waals surface area (Å²) in [7, 11) is 0. The SMILES string of the molecule is CC(C)NC1(C#N)CCN(c2ncnc3c2nc(-c2ccccc2Cl)n3-c2ccc(Cl)cc2)CC1. The summed E-state index contributed by atoms with van der Waals surface area (Å²) in [6.07, 6.45) is 2.96. The Balaban J connectivity index is 1.62. The Morgan fingerprint density at radius 3 is 2.40 bits per heavy atom. The fourth-order valence-corrected chi connectivity index (χ4v) is 5.06. The van der Waals surface area contributed by atoms with Gasteiger partial charge in [0.1, 0.15) is 17.7 Å². The first kappa shape index (κ1) is 23.6. The molecule has 9 heteroatoms. The Kier molecular flexibility index (Phi) is 6.37. The predicted octanol–water partition coefficient (Wildman–Crippen LogP) is 5.65. The number of rotatable bonds is 5. The molecule has 0 atom stereocenters. The number of hydrogen-bond acceptors (Lipinski definition) is 6. The summed E-state index contributed by atoms with van der Waals surface area (Å²) >= 11 is 12.7. The largest absolute Gasteiger partial charge is 0.354 e. The molecule has 0 saturated carbocycles. The van der Waals surface area contributed by atoms with Gasteiger partial charge in [0.15, 0.2) is 17.0 Å². The third kappa shape index (κ3) is 4.45. The molecule has 2 aromatic carbocycles. The maximum Gasteiger partial charge on any atom is 0.170 e. The fraction of sp³-hybridized carbons (Fsp3) is 0.308. The lowest BCUT2D eigenvalue weighted by Gasteiger charge is -2.39. The van der Waals surface area contributed by atoms with E-state index in [-0.39, 0.29) is 6.04 Å². The van der Waals surface area contributed by atoms with Gasteiger partial charge in [0.05, 0.1) is 11.1 Å². The summed E-state index contributed by atoms with van der Waals surface area (Å²) in [4.78, 5) is 16.5. The lowest BCUT2D eigenvalue weighted by Crippen LogP contribution is -2.54. The Morgan fingerprint density at radius 1 is 1.03 bits per heavy atom. The van der Waals surface area contributed by atoms with Crippen LogP contribution in [0.4, 0.5) is 5.82 Å². The molecule has 0 spiro atoms. The van der Waals surface area contributed by atoms with Crippen molar-refractivity contribution in [2.45, 2.75) is 38.3 Å². The second-order valence-corrected chi connectivity index (χ2v) is 9.92. The van der Waals surface area contributed by atoms with Gasteiger partial charge in [-0.3, -0.25) is 9.88 Å². The summed E-state index contributed by atoms with van der Waals surface area (Å²) in [6.45, 7) is 5.52. The second kappa shape index (κ2) is 9.46. The number of anilines is 1. The molecule has 2 aromatic heterocycles. The van der Waals surface area contributed by atoms with Gasteiger partial charge >= 0.3 is 0 Å². The molecule has 1 aliphatic rings. The topological polar surface area (TPSA) is 82.7 Å². The molecule has 1 aliphatic heterocycles. The molecule has 0 amide bonds. The van der Waals surface area contributed by atoms with E-state index in [0.717, 1.165) is 17.1 Å². The highest BCUT2D eigenvalue weighted by Gasteiger charge is 2.36. The van der Waals surface area contributed by atoms with Crippen LogP contribution < -0.4 is 10.2 Å². The molecule has 0 unspecified atom stereocenters. The van der Waals surface area contributed by atoms with Crippen molar-refractivity contribution in [2.24, 2.45) is 0 Å². The Morgan fingerprint density at radius 2 is 1.74 bits per heavy atom. The van der Waals surface area contributed by atoms with Crippen molar-refractivity contribution in [1.29, 1.82) is 5.26 Å². The van der Waals surface area contributed by atoms with Crippen molar-refractivity contribution in [3.63, 3.8) is 0 Å². The van der Waals surface area contributed by atoms with Crippen LogP contribution in [-0.2, 0) is 0 Å². The predicted molar refractivity (Wildman–Crippen MR) is 140 cm³/mol. The smallest absolute Gasteiger partial charge is 0.170 e. The lowest BCUT2D eigenvalue weighted by molar-refractivity contribution is 0.309. The summed E-state index contributed by atoms with van der Waals surface area (Å²) in [5.74, 6) is 1.44. The molecule has 3 heterocycles. The third-order valence-electron chi connectivity index (χ3n) is 6.32. The zero-order chi connectivity index (χ0) is 24.6. The van der Waals surface area contributed by atoms with E-state index < -0.39 is 5.54 Å². The molecule has 7 nitrogen and oxygen atoms in total. The van der Waals surface area contributed by atoms with E-state index in [9.17, 15) is 5.26 Å². The van der Waals surface area contributed by atoms with Gasteiger partial charge in [0.2, 0.25) is 0 Å². The number of piperidine rings is 1. The number of hydrogen-bond donors (Lipinski definition) is 1. The van der Waals surface area contributed by atoms with Crippen LogP contribution in [0.15, 0.2) is 54.9 Å². The highest BCUT2D eigenvalue weighted by Crippen LogP contribution is 2.36. The molecule has 178 valence electrons. The van der Waals surface area contributed by atoms with Crippen molar-refractivity contribution in [2.75, 3.05) is 18.0 Å². The zero-order valence-electron chi connectivity index (χ0n) is 19.5. The van der Waals surface area contributed by atoms with E-state index >= 15 is 0 Å². The van der Waals surface area contributed by atoms with Gasteiger partial charge in [-0.05, 0) is 63.1 Å². The van der Waals surface area contributed by atoms with Crippen LogP contribution in [0.3, 0.4) is 0 Å². The quantitative estimate of drug-likeness (QED) is 0.377. The number of benzene rings is 2. The van der Waals surface area contributed by atoms with E-state index in [2.05, 4.69) is 40.1 Å². The first-order chi connectivity index (χ1) is 16.9. The maximum atomic E-state index is 9.86.